The van der Waals surface area contributed by atoms with Gasteiger partial charge in [-0.3, -0.25) is 4.79 Å². The van der Waals surface area contributed by atoms with Gasteiger partial charge in [0.1, 0.15) is 12.5 Å². The molecule has 0 unspecified atom stereocenters. The van der Waals surface area contributed by atoms with Crippen molar-refractivity contribution in [1.29, 1.82) is 0 Å². The van der Waals surface area contributed by atoms with Crippen LogP contribution >= 0.6 is 0 Å². The smallest absolute Gasteiger partial charge is 0.306 e. The topological polar surface area (TPSA) is 65.0 Å². The van der Waals surface area contributed by atoms with E-state index in [1.54, 1.807) is 0 Å². The van der Waals surface area contributed by atoms with Gasteiger partial charge in [0.2, 0.25) is 0 Å². The minimum absolute atomic E-state index is 0.179. The van der Waals surface area contributed by atoms with Crippen LogP contribution in [0.5, 0.6) is 5.75 Å². The Morgan fingerprint density at radius 2 is 1.83 bits per heavy atom. The number of ether oxygens (including phenoxy) is 3. The zero-order valence-corrected chi connectivity index (χ0v) is 15.1. The van der Waals surface area contributed by atoms with Gasteiger partial charge in [0.25, 0.3) is 0 Å². The van der Waals surface area contributed by atoms with Gasteiger partial charge in [-0.1, -0.05) is 26.0 Å². The monoisotopic (exact) mass is 336 g/mol. The van der Waals surface area contributed by atoms with Crippen molar-refractivity contribution in [3.05, 3.63) is 28.8 Å². The number of hydrogen-bond donors (Lipinski definition) is 1. The van der Waals surface area contributed by atoms with Gasteiger partial charge in [-0.25, -0.2) is 0 Å². The van der Waals surface area contributed by atoms with Gasteiger partial charge in [-0.05, 0) is 37.0 Å². The highest BCUT2D eigenvalue weighted by Crippen LogP contribution is 2.30. The number of rotatable bonds is 6. The van der Waals surface area contributed by atoms with E-state index < -0.39 is 0 Å². The van der Waals surface area contributed by atoms with Gasteiger partial charge in [0.05, 0.1) is 19.8 Å². The molecule has 1 aliphatic rings. The van der Waals surface area contributed by atoms with Gasteiger partial charge in [-0.2, -0.15) is 0 Å². The van der Waals surface area contributed by atoms with Gasteiger partial charge in [-0.15, -0.1) is 0 Å². The van der Waals surface area contributed by atoms with Gasteiger partial charge >= 0.3 is 5.97 Å². The molecule has 5 heteroatoms. The normalized spacial score (nSPS) is 16.2. The fraction of sp³-hybridized carbons (Fsp3) is 0.632. The Hall–Kier alpha value is -1.59. The van der Waals surface area contributed by atoms with E-state index in [9.17, 15) is 9.90 Å². The highest BCUT2D eigenvalue weighted by Gasteiger charge is 2.33. The van der Waals surface area contributed by atoms with E-state index in [1.807, 2.05) is 26.0 Å². The van der Waals surface area contributed by atoms with E-state index in [-0.39, 0.29) is 17.3 Å². The van der Waals surface area contributed by atoms with Crippen LogP contribution in [0.25, 0.3) is 0 Å². The van der Waals surface area contributed by atoms with Gasteiger partial charge in [0.15, 0.2) is 0 Å². The largest absolute Gasteiger partial charge is 0.507 e. The standard InChI is InChI=1S/C19H28O5/c1-13-7-15(8-14(2)18(13)21)5-6-17(20)24-11-19(3,4)16-9-22-12-23-10-16/h7-8,16,21H,5-6,9-12H2,1-4H3. The Labute approximate surface area is 143 Å². The maximum Gasteiger partial charge on any atom is 0.306 e. The second-order valence-electron chi connectivity index (χ2n) is 7.28. The Morgan fingerprint density at radius 1 is 1.25 bits per heavy atom. The van der Waals surface area contributed by atoms with E-state index in [4.69, 9.17) is 14.2 Å². The predicted octanol–water partition coefficient (Wildman–Crippen LogP) is 3.13. The molecular formula is C19H28O5. The third-order valence-electron chi connectivity index (χ3n) is 4.68. The van der Waals surface area contributed by atoms with Crippen molar-refractivity contribution in [3.8, 4) is 5.75 Å². The Balaban J connectivity index is 1.81. The van der Waals surface area contributed by atoms with Gasteiger partial charge in [0, 0.05) is 17.8 Å². The van der Waals surface area contributed by atoms with Crippen LogP contribution in [0.15, 0.2) is 12.1 Å². The average molecular weight is 336 g/mol. The highest BCUT2D eigenvalue weighted by atomic mass is 16.7. The van der Waals surface area contributed by atoms with E-state index in [0.29, 0.717) is 45.2 Å². The van der Waals surface area contributed by atoms with Crippen molar-refractivity contribution in [2.24, 2.45) is 11.3 Å². The first-order valence-electron chi connectivity index (χ1n) is 8.40. The molecule has 1 fully saturated rings. The highest BCUT2D eigenvalue weighted by molar-refractivity contribution is 5.69. The molecule has 1 heterocycles. The lowest BCUT2D eigenvalue weighted by atomic mass is 9.80. The number of aryl methyl sites for hydroxylation is 3. The van der Waals surface area contributed by atoms with E-state index in [2.05, 4.69) is 13.8 Å². The number of phenolic OH excluding ortho intramolecular Hbond substituents is 1. The molecule has 5 nitrogen and oxygen atoms in total. The van der Waals surface area contributed by atoms with Crippen LogP contribution < -0.4 is 0 Å². The lowest BCUT2D eigenvalue weighted by Gasteiger charge is -2.35. The first-order chi connectivity index (χ1) is 11.3. The zero-order chi connectivity index (χ0) is 17.7. The van der Waals surface area contributed by atoms with E-state index in [1.165, 1.54) is 0 Å². The van der Waals surface area contributed by atoms with Crippen molar-refractivity contribution in [2.75, 3.05) is 26.6 Å². The number of aromatic hydroxyl groups is 1. The van der Waals surface area contributed by atoms with E-state index in [0.717, 1.165) is 16.7 Å². The van der Waals surface area contributed by atoms with Crippen molar-refractivity contribution in [2.45, 2.75) is 40.5 Å². The first kappa shape index (κ1) is 18.7. The van der Waals surface area contributed by atoms with Crippen LogP contribution in [0.1, 0.15) is 37.0 Å². The molecule has 24 heavy (non-hydrogen) atoms. The molecule has 1 saturated heterocycles. The number of benzene rings is 1. The average Bonchev–Trinajstić information content (AvgIpc) is 2.56. The summed E-state index contributed by atoms with van der Waals surface area (Å²) in [6.07, 6.45) is 0.939. The van der Waals surface area contributed by atoms with Crippen molar-refractivity contribution in [3.63, 3.8) is 0 Å². The van der Waals surface area contributed by atoms with Crippen LogP contribution in [0.3, 0.4) is 0 Å². The summed E-state index contributed by atoms with van der Waals surface area (Å²) in [4.78, 5) is 12.0. The second-order valence-corrected chi connectivity index (χ2v) is 7.28. The Bertz CT molecular complexity index is 550. The SMILES string of the molecule is Cc1cc(CCC(=O)OCC(C)(C)C2COCOC2)cc(C)c1O. The summed E-state index contributed by atoms with van der Waals surface area (Å²) in [5, 5.41) is 9.79. The molecule has 1 N–H and O–H groups in total. The fourth-order valence-corrected chi connectivity index (χ4v) is 2.83. The summed E-state index contributed by atoms with van der Waals surface area (Å²) in [5.41, 5.74) is 2.52. The molecule has 1 aliphatic heterocycles. The molecule has 0 aromatic heterocycles. The molecule has 0 amide bonds. The zero-order valence-electron chi connectivity index (χ0n) is 15.1. The van der Waals surface area contributed by atoms with Crippen molar-refractivity contribution >= 4 is 5.97 Å². The molecule has 0 saturated carbocycles. The number of phenols is 1. The number of carbonyl (C=O) groups is 1. The molecule has 0 radical (unpaired) electrons. The summed E-state index contributed by atoms with van der Waals surface area (Å²) < 4.78 is 16.1. The second kappa shape index (κ2) is 7.99. The maximum absolute atomic E-state index is 12.0. The molecule has 1 aromatic rings. The molecule has 0 bridgehead atoms. The third kappa shape index (κ3) is 4.95. The quantitative estimate of drug-likeness (QED) is 0.809. The van der Waals surface area contributed by atoms with Crippen LogP contribution in [0, 0.1) is 25.2 Å². The predicted molar refractivity (Wildman–Crippen MR) is 90.9 cm³/mol. The summed E-state index contributed by atoms with van der Waals surface area (Å²) >= 11 is 0. The number of esters is 1. The molecule has 2 rings (SSSR count). The maximum atomic E-state index is 12.0. The molecular weight excluding hydrogens is 308 g/mol. The van der Waals surface area contributed by atoms with Crippen molar-refractivity contribution in [1.82, 2.24) is 0 Å². The summed E-state index contributed by atoms with van der Waals surface area (Å²) in [7, 11) is 0. The molecule has 0 atom stereocenters. The fourth-order valence-electron chi connectivity index (χ4n) is 2.83. The first-order valence-corrected chi connectivity index (χ1v) is 8.40. The molecule has 0 aliphatic carbocycles. The third-order valence-corrected chi connectivity index (χ3v) is 4.68. The molecule has 1 aromatic carbocycles. The van der Waals surface area contributed by atoms with Crippen molar-refractivity contribution < 1.29 is 24.1 Å². The van der Waals surface area contributed by atoms with Crippen LogP contribution in [-0.4, -0.2) is 37.7 Å². The summed E-state index contributed by atoms with van der Waals surface area (Å²) in [6, 6.07) is 3.83. The van der Waals surface area contributed by atoms with Crippen LogP contribution in [-0.2, 0) is 25.4 Å². The lowest BCUT2D eigenvalue weighted by Crippen LogP contribution is -2.39. The minimum atomic E-state index is -0.205. The number of carbonyl (C=O) groups excluding carboxylic acids is 1. The summed E-state index contributed by atoms with van der Waals surface area (Å²) in [6.45, 7) is 9.83. The van der Waals surface area contributed by atoms with Crippen LogP contribution in [0.2, 0.25) is 0 Å². The molecule has 0 spiro atoms. The van der Waals surface area contributed by atoms with Gasteiger partial charge < -0.3 is 19.3 Å². The lowest BCUT2D eigenvalue weighted by molar-refractivity contribution is -0.166. The number of hydrogen-bond acceptors (Lipinski definition) is 5. The minimum Gasteiger partial charge on any atom is -0.507 e. The van der Waals surface area contributed by atoms with Crippen LogP contribution in [0.4, 0.5) is 0 Å². The molecule has 134 valence electrons. The Kier molecular flexibility index (Phi) is 6.24. The summed E-state index contributed by atoms with van der Waals surface area (Å²) in [5.74, 6) is 0.338. The Morgan fingerprint density at radius 3 is 2.42 bits per heavy atom. The van der Waals surface area contributed by atoms with E-state index >= 15 is 0 Å².